The molecule has 3 aromatic rings. The first-order valence-electron chi connectivity index (χ1n) is 12.4. The summed E-state index contributed by atoms with van der Waals surface area (Å²) >= 11 is 13.5. The molecular formula is C28H33BCl2N2O4. The van der Waals surface area contributed by atoms with Crippen molar-refractivity contribution in [2.45, 2.75) is 71.6 Å². The van der Waals surface area contributed by atoms with Gasteiger partial charge in [0.15, 0.2) is 0 Å². The maximum atomic E-state index is 13.2. The van der Waals surface area contributed by atoms with E-state index in [2.05, 4.69) is 5.10 Å². The van der Waals surface area contributed by atoms with Crippen LogP contribution >= 0.6 is 23.2 Å². The molecule has 0 atom stereocenters. The predicted molar refractivity (Wildman–Crippen MR) is 150 cm³/mol. The van der Waals surface area contributed by atoms with E-state index >= 15 is 0 Å². The maximum Gasteiger partial charge on any atom is 0.494 e. The molecule has 0 aliphatic carbocycles. The number of aromatic nitrogens is 2. The lowest BCUT2D eigenvalue weighted by atomic mass is 9.78. The highest BCUT2D eigenvalue weighted by atomic mass is 35.5. The Hall–Kier alpha value is -2.32. The van der Waals surface area contributed by atoms with Crippen molar-refractivity contribution in [3.63, 3.8) is 0 Å². The molecule has 0 radical (unpaired) electrons. The third-order valence-corrected chi connectivity index (χ3v) is 7.89. The number of rotatable bonds is 7. The molecule has 0 amide bonds. The van der Waals surface area contributed by atoms with E-state index in [1.165, 1.54) is 4.68 Å². The smallest absolute Gasteiger partial charge is 0.494 e. The number of benzene rings is 2. The largest absolute Gasteiger partial charge is 0.497 e. The molecule has 1 aliphatic heterocycles. The fourth-order valence-corrected chi connectivity index (χ4v) is 4.86. The van der Waals surface area contributed by atoms with Crippen molar-refractivity contribution in [1.29, 1.82) is 0 Å². The van der Waals surface area contributed by atoms with E-state index in [0.29, 0.717) is 34.3 Å². The number of halogens is 2. The molecule has 6 nitrogen and oxygen atoms in total. The summed E-state index contributed by atoms with van der Waals surface area (Å²) in [5, 5.41) is 5.67. The molecule has 1 aromatic heterocycles. The first-order chi connectivity index (χ1) is 17.3. The first-order valence-corrected chi connectivity index (χ1v) is 13.1. The van der Waals surface area contributed by atoms with Gasteiger partial charge < -0.3 is 14.0 Å². The minimum absolute atomic E-state index is 0.0352. The van der Waals surface area contributed by atoms with Crippen LogP contribution in [0.2, 0.25) is 10.0 Å². The van der Waals surface area contributed by atoms with Crippen LogP contribution in [-0.2, 0) is 22.3 Å². The van der Waals surface area contributed by atoms with Crippen LogP contribution in [-0.4, -0.2) is 35.2 Å². The summed E-state index contributed by atoms with van der Waals surface area (Å²) in [6.07, 6.45) is 0.379. The highest BCUT2D eigenvalue weighted by molar-refractivity contribution is 6.63. The van der Waals surface area contributed by atoms with Gasteiger partial charge in [-0.3, -0.25) is 4.79 Å². The van der Waals surface area contributed by atoms with Crippen LogP contribution in [0.1, 0.15) is 69.8 Å². The molecule has 196 valence electrons. The van der Waals surface area contributed by atoms with Gasteiger partial charge >= 0.3 is 7.12 Å². The quantitative estimate of drug-likeness (QED) is 0.362. The summed E-state index contributed by atoms with van der Waals surface area (Å²) in [4.78, 5) is 13.2. The van der Waals surface area contributed by atoms with Crippen molar-refractivity contribution in [3.8, 4) is 5.75 Å². The van der Waals surface area contributed by atoms with Gasteiger partial charge in [-0.2, -0.15) is 5.10 Å². The van der Waals surface area contributed by atoms with Crippen LogP contribution in [0.15, 0.2) is 47.3 Å². The van der Waals surface area contributed by atoms with Gasteiger partial charge in [0.2, 0.25) is 0 Å². The van der Waals surface area contributed by atoms with Crippen molar-refractivity contribution in [2.75, 3.05) is 7.11 Å². The van der Waals surface area contributed by atoms with Gasteiger partial charge in [0.1, 0.15) is 5.75 Å². The van der Waals surface area contributed by atoms with E-state index < -0.39 is 18.3 Å². The Labute approximate surface area is 229 Å². The van der Waals surface area contributed by atoms with Crippen molar-refractivity contribution >= 4 is 35.8 Å². The standard InChI is InChI=1S/C28H33BCl2N2O4/c1-17(2)22-14-20(32-33(26(22)34)16-18-8-10-21(35-7)11-9-18)15-23-24(30)12-19(13-25(23)31)29-36-27(3,4)28(5,6)37-29/h8-14,17H,15-16H2,1-7H3. The molecule has 2 heterocycles. The SMILES string of the molecule is COc1ccc(Cn2nc(Cc3c(Cl)cc(B4OC(C)(C)C(C)(C)O4)cc3Cl)cc(C(C)C)c2=O)cc1. The van der Waals surface area contributed by atoms with E-state index in [9.17, 15) is 4.79 Å². The Morgan fingerprint density at radius 2 is 1.57 bits per heavy atom. The van der Waals surface area contributed by atoms with Gasteiger partial charge in [0.25, 0.3) is 5.56 Å². The summed E-state index contributed by atoms with van der Waals surface area (Å²) in [7, 11) is 1.06. The minimum Gasteiger partial charge on any atom is -0.497 e. The Kier molecular flexibility index (Phi) is 7.83. The van der Waals surface area contributed by atoms with Crippen LogP contribution in [0.4, 0.5) is 0 Å². The molecule has 4 rings (SSSR count). The summed E-state index contributed by atoms with van der Waals surface area (Å²) in [6.45, 7) is 12.4. The van der Waals surface area contributed by atoms with Gasteiger partial charge in [-0.15, -0.1) is 0 Å². The Morgan fingerprint density at radius 3 is 2.08 bits per heavy atom. The average Bonchev–Trinajstić information content (AvgIpc) is 3.05. The normalized spacial score (nSPS) is 16.4. The van der Waals surface area contributed by atoms with Gasteiger partial charge in [-0.05, 0) is 80.5 Å². The number of hydrogen-bond donors (Lipinski definition) is 0. The van der Waals surface area contributed by atoms with Gasteiger partial charge in [0.05, 0.1) is 30.6 Å². The van der Waals surface area contributed by atoms with Gasteiger partial charge in [-0.1, -0.05) is 49.2 Å². The van der Waals surface area contributed by atoms with Crippen LogP contribution < -0.4 is 15.8 Å². The summed E-state index contributed by atoms with van der Waals surface area (Å²) in [5.74, 6) is 0.794. The molecule has 0 bridgehead atoms. The lowest BCUT2D eigenvalue weighted by Crippen LogP contribution is -2.41. The lowest BCUT2D eigenvalue weighted by Gasteiger charge is -2.32. The first kappa shape index (κ1) is 27.7. The van der Waals surface area contributed by atoms with Crippen LogP contribution in [0, 0.1) is 0 Å². The van der Waals surface area contributed by atoms with Crippen molar-refractivity contribution in [1.82, 2.24) is 9.78 Å². The molecule has 1 fully saturated rings. The van der Waals surface area contributed by atoms with E-state index in [0.717, 1.165) is 22.3 Å². The predicted octanol–water partition coefficient (Wildman–Crippen LogP) is 5.62. The molecule has 2 aromatic carbocycles. The van der Waals surface area contributed by atoms with E-state index in [1.54, 1.807) is 7.11 Å². The van der Waals surface area contributed by atoms with Crippen molar-refractivity contribution in [2.24, 2.45) is 0 Å². The minimum atomic E-state index is -0.564. The molecule has 0 N–H and O–H groups in total. The third kappa shape index (κ3) is 5.75. The molecule has 1 aliphatic rings. The van der Waals surface area contributed by atoms with Crippen LogP contribution in [0.25, 0.3) is 0 Å². The number of ether oxygens (including phenoxy) is 1. The number of hydrogen-bond acceptors (Lipinski definition) is 5. The topological polar surface area (TPSA) is 62.6 Å². The fraction of sp³-hybridized carbons (Fsp3) is 0.429. The molecular weight excluding hydrogens is 510 g/mol. The Bertz CT molecular complexity index is 1310. The monoisotopic (exact) mass is 542 g/mol. The Balaban J connectivity index is 1.65. The second kappa shape index (κ2) is 10.4. The van der Waals surface area contributed by atoms with Crippen LogP contribution in [0.5, 0.6) is 5.75 Å². The fourth-order valence-electron chi connectivity index (χ4n) is 4.22. The molecule has 1 saturated heterocycles. The van der Waals surface area contributed by atoms with Gasteiger partial charge in [-0.25, -0.2) is 4.68 Å². The Morgan fingerprint density at radius 1 is 1.00 bits per heavy atom. The molecule has 0 saturated carbocycles. The van der Waals surface area contributed by atoms with E-state index in [-0.39, 0.29) is 11.5 Å². The van der Waals surface area contributed by atoms with E-state index in [4.69, 9.17) is 37.2 Å². The number of nitrogens with zero attached hydrogens (tertiary/aromatic N) is 2. The molecule has 0 unspecified atom stereocenters. The van der Waals surface area contributed by atoms with Crippen molar-refractivity contribution < 1.29 is 14.0 Å². The molecule has 0 spiro atoms. The average molecular weight is 543 g/mol. The molecule has 37 heavy (non-hydrogen) atoms. The summed E-state index contributed by atoms with van der Waals surface area (Å²) in [6, 6.07) is 13.1. The highest BCUT2D eigenvalue weighted by Gasteiger charge is 2.51. The number of methoxy groups -OCH3 is 1. The maximum absolute atomic E-state index is 13.2. The van der Waals surface area contributed by atoms with E-state index in [1.807, 2.05) is 84.0 Å². The second-order valence-corrected chi connectivity index (χ2v) is 11.6. The zero-order valence-electron chi connectivity index (χ0n) is 22.4. The third-order valence-electron chi connectivity index (χ3n) is 7.21. The second-order valence-electron chi connectivity index (χ2n) is 10.8. The lowest BCUT2D eigenvalue weighted by molar-refractivity contribution is 0.00578. The zero-order chi connectivity index (χ0) is 27.1. The summed E-state index contributed by atoms with van der Waals surface area (Å²) < 4.78 is 19.1. The molecule has 9 heteroatoms. The summed E-state index contributed by atoms with van der Waals surface area (Å²) in [5.41, 5.74) is 2.81. The van der Waals surface area contributed by atoms with Gasteiger partial charge in [0, 0.05) is 22.0 Å². The van der Waals surface area contributed by atoms with Crippen molar-refractivity contribution in [3.05, 3.63) is 85.2 Å². The highest BCUT2D eigenvalue weighted by Crippen LogP contribution is 2.37. The van der Waals surface area contributed by atoms with Crippen LogP contribution in [0.3, 0.4) is 0 Å². The zero-order valence-corrected chi connectivity index (χ0v) is 23.9.